The standard InChI is InChI=1S/C14H22N6O/c1-11-16-14(18-17-11)13-10-20(6-7-21-13)5-3-4-12-8-15-19(2)9-12/h8-9,13H,3-7,10H2,1-2H3,(H,16,17,18)/t13-/m0/s1. The first kappa shape index (κ1) is 14.2. The first-order valence-electron chi connectivity index (χ1n) is 7.41. The Bertz CT molecular complexity index is 578. The molecule has 2 aromatic rings. The molecule has 114 valence electrons. The van der Waals surface area contributed by atoms with Crippen molar-refractivity contribution in [2.45, 2.75) is 25.9 Å². The molecular weight excluding hydrogens is 268 g/mol. The van der Waals surface area contributed by atoms with Crippen LogP contribution in [0.1, 0.15) is 29.7 Å². The van der Waals surface area contributed by atoms with Crippen LogP contribution < -0.4 is 0 Å². The first-order valence-corrected chi connectivity index (χ1v) is 7.41. The summed E-state index contributed by atoms with van der Waals surface area (Å²) in [5, 5.41) is 11.3. The Balaban J connectivity index is 1.47. The number of aromatic amines is 1. The topological polar surface area (TPSA) is 71.9 Å². The van der Waals surface area contributed by atoms with Crippen LogP contribution in [0.25, 0.3) is 0 Å². The molecule has 7 nitrogen and oxygen atoms in total. The number of aromatic nitrogens is 5. The lowest BCUT2D eigenvalue weighted by molar-refractivity contribution is -0.0343. The van der Waals surface area contributed by atoms with Crippen molar-refractivity contribution in [3.8, 4) is 0 Å². The smallest absolute Gasteiger partial charge is 0.180 e. The SMILES string of the molecule is Cc1nc([C@@H]2CN(CCCc3cnn(C)c3)CCO2)n[nH]1. The van der Waals surface area contributed by atoms with Gasteiger partial charge in [-0.2, -0.15) is 10.2 Å². The monoisotopic (exact) mass is 290 g/mol. The second-order valence-electron chi connectivity index (χ2n) is 5.56. The van der Waals surface area contributed by atoms with Gasteiger partial charge in [0.15, 0.2) is 5.82 Å². The van der Waals surface area contributed by atoms with E-state index >= 15 is 0 Å². The lowest BCUT2D eigenvalue weighted by Crippen LogP contribution is -2.39. The number of rotatable bonds is 5. The summed E-state index contributed by atoms with van der Waals surface area (Å²) in [7, 11) is 1.95. The number of nitrogens with one attached hydrogen (secondary N) is 1. The Kier molecular flexibility index (Phi) is 4.31. The summed E-state index contributed by atoms with van der Waals surface area (Å²) in [6.07, 6.45) is 6.21. The molecule has 3 heterocycles. The molecule has 0 radical (unpaired) electrons. The quantitative estimate of drug-likeness (QED) is 0.884. The van der Waals surface area contributed by atoms with Crippen molar-refractivity contribution in [1.82, 2.24) is 29.9 Å². The van der Waals surface area contributed by atoms with Gasteiger partial charge in [-0.25, -0.2) is 4.98 Å². The third-order valence-corrected chi connectivity index (χ3v) is 3.75. The highest BCUT2D eigenvalue weighted by molar-refractivity contribution is 5.03. The fourth-order valence-electron chi connectivity index (χ4n) is 2.67. The van der Waals surface area contributed by atoms with Crippen LogP contribution in [-0.2, 0) is 18.2 Å². The number of hydrogen-bond donors (Lipinski definition) is 1. The van der Waals surface area contributed by atoms with Gasteiger partial charge in [-0.3, -0.25) is 14.7 Å². The van der Waals surface area contributed by atoms with Gasteiger partial charge in [-0.15, -0.1) is 0 Å². The summed E-state index contributed by atoms with van der Waals surface area (Å²) in [4.78, 5) is 6.80. The lowest BCUT2D eigenvalue weighted by atomic mass is 10.2. The largest absolute Gasteiger partial charge is 0.367 e. The zero-order chi connectivity index (χ0) is 14.7. The molecule has 0 spiro atoms. The van der Waals surface area contributed by atoms with E-state index in [4.69, 9.17) is 4.74 Å². The van der Waals surface area contributed by atoms with E-state index in [9.17, 15) is 0 Å². The number of aryl methyl sites for hydroxylation is 3. The molecule has 1 aliphatic heterocycles. The van der Waals surface area contributed by atoms with E-state index in [1.54, 1.807) is 0 Å². The van der Waals surface area contributed by atoms with Crippen molar-refractivity contribution in [2.24, 2.45) is 7.05 Å². The van der Waals surface area contributed by atoms with E-state index in [0.29, 0.717) is 0 Å². The summed E-state index contributed by atoms with van der Waals surface area (Å²) < 4.78 is 7.63. The molecule has 0 saturated carbocycles. The first-order chi connectivity index (χ1) is 10.2. The minimum Gasteiger partial charge on any atom is -0.367 e. The molecule has 1 saturated heterocycles. The van der Waals surface area contributed by atoms with Gasteiger partial charge in [-0.1, -0.05) is 0 Å². The highest BCUT2D eigenvalue weighted by Gasteiger charge is 2.24. The summed E-state index contributed by atoms with van der Waals surface area (Å²) in [5.41, 5.74) is 1.30. The van der Waals surface area contributed by atoms with Crippen molar-refractivity contribution in [1.29, 1.82) is 0 Å². The number of nitrogens with zero attached hydrogens (tertiary/aromatic N) is 5. The van der Waals surface area contributed by atoms with E-state index in [-0.39, 0.29) is 6.10 Å². The van der Waals surface area contributed by atoms with Crippen molar-refractivity contribution >= 4 is 0 Å². The molecule has 21 heavy (non-hydrogen) atoms. The van der Waals surface area contributed by atoms with E-state index in [0.717, 1.165) is 50.7 Å². The van der Waals surface area contributed by atoms with E-state index in [2.05, 4.69) is 31.4 Å². The summed E-state index contributed by atoms with van der Waals surface area (Å²) in [6.45, 7) is 5.56. The summed E-state index contributed by atoms with van der Waals surface area (Å²) in [5.74, 6) is 1.60. The molecule has 2 aromatic heterocycles. The minimum absolute atomic E-state index is 0.0120. The highest BCUT2D eigenvalue weighted by atomic mass is 16.5. The third-order valence-electron chi connectivity index (χ3n) is 3.75. The van der Waals surface area contributed by atoms with Crippen LogP contribution >= 0.6 is 0 Å². The normalized spacial score (nSPS) is 20.0. The van der Waals surface area contributed by atoms with Crippen LogP contribution in [0, 0.1) is 6.92 Å². The van der Waals surface area contributed by atoms with Crippen LogP contribution in [0.2, 0.25) is 0 Å². The molecule has 1 aliphatic rings. The van der Waals surface area contributed by atoms with Crippen LogP contribution in [0.5, 0.6) is 0 Å². The van der Waals surface area contributed by atoms with Gasteiger partial charge in [0.2, 0.25) is 0 Å². The van der Waals surface area contributed by atoms with Gasteiger partial charge < -0.3 is 4.74 Å². The molecule has 1 N–H and O–H groups in total. The summed E-state index contributed by atoms with van der Waals surface area (Å²) in [6, 6.07) is 0. The van der Waals surface area contributed by atoms with Gasteiger partial charge >= 0.3 is 0 Å². The molecule has 7 heteroatoms. The maximum Gasteiger partial charge on any atom is 0.180 e. The number of H-pyrrole nitrogens is 1. The molecule has 0 aromatic carbocycles. The highest BCUT2D eigenvalue weighted by Crippen LogP contribution is 2.19. The molecule has 0 amide bonds. The average molecular weight is 290 g/mol. The van der Waals surface area contributed by atoms with Crippen LogP contribution in [0.3, 0.4) is 0 Å². The number of hydrogen-bond acceptors (Lipinski definition) is 5. The Morgan fingerprint density at radius 2 is 2.38 bits per heavy atom. The Morgan fingerprint density at radius 3 is 3.10 bits per heavy atom. The molecule has 0 aliphatic carbocycles. The second kappa shape index (κ2) is 6.36. The van der Waals surface area contributed by atoms with Crippen molar-refractivity contribution in [3.05, 3.63) is 29.6 Å². The van der Waals surface area contributed by atoms with Crippen LogP contribution in [-0.4, -0.2) is 56.1 Å². The zero-order valence-electron chi connectivity index (χ0n) is 12.6. The fourth-order valence-corrected chi connectivity index (χ4v) is 2.67. The Morgan fingerprint density at radius 1 is 1.48 bits per heavy atom. The van der Waals surface area contributed by atoms with Crippen molar-refractivity contribution in [2.75, 3.05) is 26.2 Å². The second-order valence-corrected chi connectivity index (χ2v) is 5.56. The van der Waals surface area contributed by atoms with Crippen LogP contribution in [0.15, 0.2) is 12.4 Å². The predicted molar refractivity (Wildman–Crippen MR) is 77.8 cm³/mol. The van der Waals surface area contributed by atoms with Crippen molar-refractivity contribution < 1.29 is 4.74 Å². The van der Waals surface area contributed by atoms with E-state index in [1.807, 2.05) is 24.9 Å². The molecular formula is C14H22N6O. The minimum atomic E-state index is -0.0120. The summed E-state index contributed by atoms with van der Waals surface area (Å²) >= 11 is 0. The molecule has 3 rings (SSSR count). The van der Waals surface area contributed by atoms with E-state index < -0.39 is 0 Å². The maximum absolute atomic E-state index is 5.78. The molecule has 0 unspecified atom stereocenters. The Labute approximate surface area is 124 Å². The van der Waals surface area contributed by atoms with Gasteiger partial charge in [0, 0.05) is 26.3 Å². The fraction of sp³-hybridized carbons (Fsp3) is 0.643. The molecule has 1 atom stereocenters. The lowest BCUT2D eigenvalue weighted by Gasteiger charge is -2.31. The predicted octanol–water partition coefficient (Wildman–Crippen LogP) is 0.853. The van der Waals surface area contributed by atoms with Crippen molar-refractivity contribution in [3.63, 3.8) is 0 Å². The molecule has 1 fully saturated rings. The van der Waals surface area contributed by atoms with Gasteiger partial charge in [0.05, 0.1) is 12.8 Å². The maximum atomic E-state index is 5.78. The Hall–Kier alpha value is -1.73. The van der Waals surface area contributed by atoms with Gasteiger partial charge in [0.25, 0.3) is 0 Å². The molecule has 0 bridgehead atoms. The zero-order valence-corrected chi connectivity index (χ0v) is 12.6. The van der Waals surface area contributed by atoms with Gasteiger partial charge in [-0.05, 0) is 31.9 Å². The van der Waals surface area contributed by atoms with Gasteiger partial charge in [0.1, 0.15) is 11.9 Å². The number of ether oxygens (including phenoxy) is 1. The third kappa shape index (κ3) is 3.68. The van der Waals surface area contributed by atoms with Crippen LogP contribution in [0.4, 0.5) is 0 Å². The average Bonchev–Trinajstić information content (AvgIpc) is 3.08. The number of morpholine rings is 1. The van der Waals surface area contributed by atoms with E-state index in [1.165, 1.54) is 5.56 Å².